The minimum absolute atomic E-state index is 0.150. The Balaban J connectivity index is 1.54. The molecule has 0 aliphatic rings. The van der Waals surface area contributed by atoms with Gasteiger partial charge in [0.1, 0.15) is 0 Å². The van der Waals surface area contributed by atoms with Gasteiger partial charge in [0.05, 0.1) is 13.0 Å². The number of hydrogen-bond donors (Lipinski definition) is 2. The molecule has 0 bridgehead atoms. The Kier molecular flexibility index (Phi) is 8.22. The molecule has 0 atom stereocenters. The average molecular weight is 434 g/mol. The third-order valence-corrected chi connectivity index (χ3v) is 5.19. The number of carbonyl (C=O) groups is 2. The van der Waals surface area contributed by atoms with E-state index in [1.165, 1.54) is 10.9 Å². The second kappa shape index (κ2) is 11.3. The number of esters is 1. The summed E-state index contributed by atoms with van der Waals surface area (Å²) < 4.78 is 4.96. The topological polar surface area (TPSA) is 74.4 Å². The van der Waals surface area contributed by atoms with Crippen molar-refractivity contribution in [1.29, 1.82) is 0 Å². The zero-order valence-corrected chi connectivity index (χ0v) is 19.0. The molecule has 0 aliphatic carbocycles. The first-order valence-corrected chi connectivity index (χ1v) is 10.9. The molecule has 0 aliphatic heterocycles. The Morgan fingerprint density at radius 2 is 1.84 bits per heavy atom. The second-order valence-electron chi connectivity index (χ2n) is 8.02. The smallest absolute Gasteiger partial charge is 0.310 e. The minimum Gasteiger partial charge on any atom is -0.466 e. The van der Waals surface area contributed by atoms with Gasteiger partial charge in [0.15, 0.2) is 0 Å². The van der Waals surface area contributed by atoms with Crippen molar-refractivity contribution in [2.45, 2.75) is 26.3 Å². The van der Waals surface area contributed by atoms with Gasteiger partial charge < -0.3 is 19.9 Å². The fraction of sp³-hybridized carbons (Fsp3) is 0.308. The fourth-order valence-electron chi connectivity index (χ4n) is 3.42. The van der Waals surface area contributed by atoms with Crippen LogP contribution >= 0.6 is 0 Å². The van der Waals surface area contributed by atoms with Crippen LogP contribution in [0.25, 0.3) is 17.0 Å². The Hall–Kier alpha value is -3.38. The summed E-state index contributed by atoms with van der Waals surface area (Å²) in [6.07, 6.45) is 6.68. The molecule has 0 spiro atoms. The van der Waals surface area contributed by atoms with Crippen molar-refractivity contribution in [2.24, 2.45) is 0 Å². The summed E-state index contributed by atoms with van der Waals surface area (Å²) >= 11 is 0. The molecule has 0 radical (unpaired) electrons. The average Bonchev–Trinajstić information content (AvgIpc) is 3.18. The van der Waals surface area contributed by atoms with Crippen molar-refractivity contribution in [3.63, 3.8) is 0 Å². The molecule has 1 heterocycles. The van der Waals surface area contributed by atoms with E-state index in [9.17, 15) is 9.59 Å². The first-order chi connectivity index (χ1) is 15.4. The van der Waals surface area contributed by atoms with Crippen molar-refractivity contribution < 1.29 is 14.3 Å². The van der Waals surface area contributed by atoms with Crippen LogP contribution < -0.4 is 5.32 Å². The van der Waals surface area contributed by atoms with Crippen LogP contribution in [0.4, 0.5) is 0 Å². The SMILES string of the molecule is CCOC(=O)Cc1ccc(CNC(=O)C=Cc2ccc3[nH]cc(CCN(C)C)c3c2)cc1. The van der Waals surface area contributed by atoms with Crippen LogP contribution in [0.1, 0.15) is 29.2 Å². The lowest BCUT2D eigenvalue weighted by Gasteiger charge is -2.08. The largest absolute Gasteiger partial charge is 0.466 e. The van der Waals surface area contributed by atoms with Crippen LogP contribution in [-0.2, 0) is 33.7 Å². The van der Waals surface area contributed by atoms with Crippen molar-refractivity contribution in [1.82, 2.24) is 15.2 Å². The second-order valence-corrected chi connectivity index (χ2v) is 8.02. The van der Waals surface area contributed by atoms with Crippen LogP contribution in [-0.4, -0.2) is 49.0 Å². The molecule has 0 saturated heterocycles. The van der Waals surface area contributed by atoms with Gasteiger partial charge in [0.2, 0.25) is 5.91 Å². The van der Waals surface area contributed by atoms with Gasteiger partial charge in [-0.3, -0.25) is 9.59 Å². The lowest BCUT2D eigenvalue weighted by Crippen LogP contribution is -2.20. The standard InChI is InChI=1S/C26H31N3O3/c1-4-32-26(31)16-20-5-7-21(8-6-20)17-28-25(30)12-10-19-9-11-24-23(15-19)22(18-27-24)13-14-29(2)3/h5-12,15,18,27H,4,13-14,16-17H2,1-3H3,(H,28,30). The molecule has 6 nitrogen and oxygen atoms in total. The molecule has 0 fully saturated rings. The molecule has 6 heteroatoms. The van der Waals surface area contributed by atoms with Crippen LogP contribution in [0, 0.1) is 0 Å². The molecule has 1 aromatic heterocycles. The number of carbonyl (C=O) groups excluding carboxylic acids is 2. The van der Waals surface area contributed by atoms with Gasteiger partial charge in [-0.25, -0.2) is 0 Å². The third kappa shape index (κ3) is 6.82. The van der Waals surface area contributed by atoms with Crippen molar-refractivity contribution in [2.75, 3.05) is 27.2 Å². The molecular formula is C26H31N3O3. The minimum atomic E-state index is -0.235. The summed E-state index contributed by atoms with van der Waals surface area (Å²) in [6.45, 7) is 3.58. The van der Waals surface area contributed by atoms with Crippen molar-refractivity contribution >= 4 is 28.9 Å². The number of rotatable bonds is 10. The normalized spacial score (nSPS) is 11.4. The number of hydrogen-bond acceptors (Lipinski definition) is 4. The third-order valence-electron chi connectivity index (χ3n) is 5.19. The summed E-state index contributed by atoms with van der Waals surface area (Å²) in [7, 11) is 4.14. The maximum absolute atomic E-state index is 12.3. The fourth-order valence-corrected chi connectivity index (χ4v) is 3.42. The molecule has 3 rings (SSSR count). The first kappa shape index (κ1) is 23.3. The number of aromatic amines is 1. The number of H-pyrrole nitrogens is 1. The van der Waals surface area contributed by atoms with Crippen LogP contribution in [0.15, 0.2) is 54.7 Å². The molecule has 1 amide bonds. The monoisotopic (exact) mass is 433 g/mol. The zero-order chi connectivity index (χ0) is 22.9. The molecular weight excluding hydrogens is 402 g/mol. The van der Waals surface area contributed by atoms with E-state index in [1.54, 1.807) is 13.0 Å². The summed E-state index contributed by atoms with van der Waals surface area (Å²) in [5.41, 5.74) is 5.23. The highest BCUT2D eigenvalue weighted by atomic mass is 16.5. The number of fused-ring (bicyclic) bond motifs is 1. The number of amides is 1. The number of aromatic nitrogens is 1. The predicted octanol–water partition coefficient (Wildman–Crippen LogP) is 3.71. The van der Waals surface area contributed by atoms with Gasteiger partial charge in [-0.2, -0.15) is 0 Å². The maximum atomic E-state index is 12.3. The number of benzene rings is 2. The number of ether oxygens (including phenoxy) is 1. The van der Waals surface area contributed by atoms with Gasteiger partial charge in [0.25, 0.3) is 0 Å². The van der Waals surface area contributed by atoms with Gasteiger partial charge in [-0.1, -0.05) is 30.3 Å². The number of likely N-dealkylation sites (N-methyl/N-ethyl adjacent to an activating group) is 1. The molecule has 2 aromatic carbocycles. The van der Waals surface area contributed by atoms with Gasteiger partial charge >= 0.3 is 5.97 Å². The molecule has 0 saturated carbocycles. The lowest BCUT2D eigenvalue weighted by molar-refractivity contribution is -0.142. The predicted molar refractivity (Wildman–Crippen MR) is 128 cm³/mol. The lowest BCUT2D eigenvalue weighted by atomic mass is 10.1. The highest BCUT2D eigenvalue weighted by molar-refractivity contribution is 5.93. The quantitative estimate of drug-likeness (QED) is 0.378. The summed E-state index contributed by atoms with van der Waals surface area (Å²) in [5.74, 6) is -0.385. The Labute approximate surface area is 189 Å². The van der Waals surface area contributed by atoms with E-state index in [4.69, 9.17) is 4.74 Å². The van der Waals surface area contributed by atoms with E-state index in [0.717, 1.165) is 35.2 Å². The number of nitrogens with zero attached hydrogens (tertiary/aromatic N) is 1. The van der Waals surface area contributed by atoms with Crippen LogP contribution in [0.3, 0.4) is 0 Å². The molecule has 2 N–H and O–H groups in total. The summed E-state index contributed by atoms with van der Waals surface area (Å²) in [6, 6.07) is 13.7. The van der Waals surface area contributed by atoms with Gasteiger partial charge in [-0.05, 0) is 67.9 Å². The van der Waals surface area contributed by atoms with E-state index < -0.39 is 0 Å². The van der Waals surface area contributed by atoms with Crippen molar-refractivity contribution in [3.05, 3.63) is 77.0 Å². The Morgan fingerprint density at radius 1 is 1.09 bits per heavy atom. The highest BCUT2D eigenvalue weighted by Gasteiger charge is 2.06. The van der Waals surface area contributed by atoms with E-state index in [2.05, 4.69) is 41.6 Å². The van der Waals surface area contributed by atoms with Crippen molar-refractivity contribution in [3.8, 4) is 0 Å². The zero-order valence-electron chi connectivity index (χ0n) is 19.0. The molecule has 3 aromatic rings. The van der Waals surface area contributed by atoms with E-state index in [1.807, 2.05) is 42.5 Å². The molecule has 0 unspecified atom stereocenters. The Bertz CT molecular complexity index is 1080. The van der Waals surface area contributed by atoms with E-state index in [0.29, 0.717) is 13.2 Å². The van der Waals surface area contributed by atoms with E-state index in [-0.39, 0.29) is 18.3 Å². The van der Waals surface area contributed by atoms with Crippen LogP contribution in [0.2, 0.25) is 0 Å². The Morgan fingerprint density at radius 3 is 2.56 bits per heavy atom. The van der Waals surface area contributed by atoms with E-state index >= 15 is 0 Å². The van der Waals surface area contributed by atoms with Crippen LogP contribution in [0.5, 0.6) is 0 Å². The maximum Gasteiger partial charge on any atom is 0.310 e. The molecule has 32 heavy (non-hydrogen) atoms. The molecule has 168 valence electrons. The van der Waals surface area contributed by atoms with Gasteiger partial charge in [0, 0.05) is 36.3 Å². The summed E-state index contributed by atoms with van der Waals surface area (Å²) in [4.78, 5) is 29.3. The van der Waals surface area contributed by atoms with Gasteiger partial charge in [-0.15, -0.1) is 0 Å². The number of nitrogens with one attached hydrogen (secondary N) is 2. The first-order valence-electron chi connectivity index (χ1n) is 10.9. The summed E-state index contributed by atoms with van der Waals surface area (Å²) in [5, 5.41) is 4.09. The highest BCUT2D eigenvalue weighted by Crippen LogP contribution is 2.21.